The Balaban J connectivity index is 2.02. The third-order valence-electron chi connectivity index (χ3n) is 2.22. The predicted molar refractivity (Wildman–Crippen MR) is 65.7 cm³/mol. The zero-order chi connectivity index (χ0) is 12.3. The fourth-order valence-electron chi connectivity index (χ4n) is 1.25. The number of aliphatic hydroxyl groups is 1. The number of hydrogen-bond donors (Lipinski definition) is 1. The molecule has 0 radical (unpaired) electrons. The smallest absolute Gasteiger partial charge is 0.191 e. The summed E-state index contributed by atoms with van der Waals surface area (Å²) in [6.45, 7) is -0.105. The van der Waals surface area contributed by atoms with E-state index in [1.165, 1.54) is 11.8 Å². The molecule has 0 bridgehead atoms. The monoisotopic (exact) mass is 270 g/mol. The maximum Gasteiger partial charge on any atom is 0.191 e. The summed E-state index contributed by atoms with van der Waals surface area (Å²) in [7, 11) is 1.83. The molecule has 90 valence electrons. The summed E-state index contributed by atoms with van der Waals surface area (Å²) in [5.41, 5.74) is 1.06. The molecule has 0 aliphatic carbocycles. The lowest BCUT2D eigenvalue weighted by Gasteiger charge is -2.02. The van der Waals surface area contributed by atoms with Crippen molar-refractivity contribution in [2.24, 2.45) is 7.05 Å². The van der Waals surface area contributed by atoms with E-state index in [1.54, 1.807) is 16.8 Å². The van der Waals surface area contributed by atoms with E-state index >= 15 is 0 Å². The molecular weight excluding hydrogens is 260 g/mol. The Bertz CT molecular complexity index is 500. The van der Waals surface area contributed by atoms with Crippen molar-refractivity contribution in [2.75, 3.05) is 0 Å². The number of aromatic nitrogens is 4. The van der Waals surface area contributed by atoms with E-state index in [1.807, 2.05) is 13.1 Å². The van der Waals surface area contributed by atoms with Gasteiger partial charge in [0, 0.05) is 19.0 Å². The van der Waals surface area contributed by atoms with Crippen LogP contribution in [0.2, 0.25) is 5.15 Å². The van der Waals surface area contributed by atoms with E-state index in [-0.39, 0.29) is 6.61 Å². The summed E-state index contributed by atoms with van der Waals surface area (Å²) in [5.74, 6) is 1.29. The van der Waals surface area contributed by atoms with Crippen LogP contribution in [0.5, 0.6) is 0 Å². The van der Waals surface area contributed by atoms with E-state index in [0.29, 0.717) is 11.0 Å². The molecule has 2 aromatic rings. The molecule has 0 fully saturated rings. The molecule has 0 spiro atoms. The van der Waals surface area contributed by atoms with Crippen molar-refractivity contribution in [1.29, 1.82) is 0 Å². The zero-order valence-corrected chi connectivity index (χ0v) is 10.7. The molecule has 0 aliphatic heterocycles. The van der Waals surface area contributed by atoms with Crippen molar-refractivity contribution >= 4 is 23.4 Å². The highest BCUT2D eigenvalue weighted by atomic mass is 35.5. The minimum Gasteiger partial charge on any atom is -0.388 e. The normalized spacial score (nSPS) is 10.8. The van der Waals surface area contributed by atoms with Crippen LogP contribution < -0.4 is 0 Å². The molecule has 2 aromatic heterocycles. The first kappa shape index (κ1) is 12.3. The molecule has 0 aliphatic rings. The highest BCUT2D eigenvalue weighted by molar-refractivity contribution is 7.98. The lowest BCUT2D eigenvalue weighted by Crippen LogP contribution is -1.98. The minimum atomic E-state index is -0.105. The topological polar surface area (TPSA) is 63.8 Å². The van der Waals surface area contributed by atoms with Gasteiger partial charge in [-0.15, -0.1) is 10.2 Å². The van der Waals surface area contributed by atoms with Crippen LogP contribution in [0.4, 0.5) is 0 Å². The molecule has 1 N–H and O–H groups in total. The summed E-state index contributed by atoms with van der Waals surface area (Å²) in [6.07, 6.45) is 1.73. The number of rotatable bonds is 4. The lowest BCUT2D eigenvalue weighted by molar-refractivity contribution is 0.266. The van der Waals surface area contributed by atoms with Crippen LogP contribution in [0.15, 0.2) is 23.5 Å². The van der Waals surface area contributed by atoms with Gasteiger partial charge in [0.05, 0.1) is 0 Å². The Morgan fingerprint density at radius 2 is 2.24 bits per heavy atom. The highest BCUT2D eigenvalue weighted by Crippen LogP contribution is 2.21. The van der Waals surface area contributed by atoms with Gasteiger partial charge in [0.15, 0.2) is 11.0 Å². The SMILES string of the molecule is Cn1c(CO)nnc1SCc1ccc(Cl)nc1. The van der Waals surface area contributed by atoms with E-state index in [4.69, 9.17) is 16.7 Å². The number of thioether (sulfide) groups is 1. The first-order valence-electron chi connectivity index (χ1n) is 4.93. The summed E-state index contributed by atoms with van der Waals surface area (Å²) in [4.78, 5) is 4.00. The molecule has 17 heavy (non-hydrogen) atoms. The van der Waals surface area contributed by atoms with Gasteiger partial charge in [-0.3, -0.25) is 0 Å². The van der Waals surface area contributed by atoms with E-state index in [2.05, 4.69) is 15.2 Å². The van der Waals surface area contributed by atoms with Crippen LogP contribution in [-0.2, 0) is 19.4 Å². The van der Waals surface area contributed by atoms with Crippen LogP contribution in [0.3, 0.4) is 0 Å². The van der Waals surface area contributed by atoms with Crippen molar-refractivity contribution in [2.45, 2.75) is 17.5 Å². The molecule has 5 nitrogen and oxygen atoms in total. The van der Waals surface area contributed by atoms with Crippen LogP contribution >= 0.6 is 23.4 Å². The van der Waals surface area contributed by atoms with Gasteiger partial charge < -0.3 is 9.67 Å². The average Bonchev–Trinajstić information content (AvgIpc) is 2.69. The van der Waals surface area contributed by atoms with Crippen molar-refractivity contribution < 1.29 is 5.11 Å². The molecule has 0 aromatic carbocycles. The Labute approximate surface area is 108 Å². The Hall–Kier alpha value is -1.11. The predicted octanol–water partition coefficient (Wildman–Crippen LogP) is 1.65. The van der Waals surface area contributed by atoms with Crippen LogP contribution in [0.25, 0.3) is 0 Å². The van der Waals surface area contributed by atoms with Crippen LogP contribution in [-0.4, -0.2) is 24.9 Å². The quantitative estimate of drug-likeness (QED) is 0.676. The van der Waals surface area contributed by atoms with Gasteiger partial charge in [0.25, 0.3) is 0 Å². The molecule has 7 heteroatoms. The summed E-state index contributed by atoms with van der Waals surface area (Å²) < 4.78 is 1.77. The fraction of sp³-hybridized carbons (Fsp3) is 0.300. The molecule has 0 saturated heterocycles. The second-order valence-corrected chi connectivity index (χ2v) is 4.72. The molecule has 2 rings (SSSR count). The van der Waals surface area contributed by atoms with Crippen molar-refractivity contribution in [3.63, 3.8) is 0 Å². The van der Waals surface area contributed by atoms with Gasteiger partial charge in [0.2, 0.25) is 0 Å². The van der Waals surface area contributed by atoms with Gasteiger partial charge in [0.1, 0.15) is 11.8 Å². The molecule has 0 atom stereocenters. The molecule has 0 saturated carbocycles. The Kier molecular flexibility index (Phi) is 3.98. The van der Waals surface area contributed by atoms with Gasteiger partial charge in [-0.05, 0) is 11.6 Å². The van der Waals surface area contributed by atoms with Crippen molar-refractivity contribution in [1.82, 2.24) is 19.7 Å². The first-order valence-corrected chi connectivity index (χ1v) is 6.29. The van der Waals surface area contributed by atoms with Gasteiger partial charge in [-0.1, -0.05) is 29.4 Å². The standard InChI is InChI=1S/C10H11ClN4OS/c1-15-9(5-16)13-14-10(15)17-6-7-2-3-8(11)12-4-7/h2-4,16H,5-6H2,1H3. The third kappa shape index (κ3) is 2.96. The number of halogens is 1. The maximum absolute atomic E-state index is 8.99. The van der Waals surface area contributed by atoms with E-state index in [9.17, 15) is 0 Å². The summed E-state index contributed by atoms with van der Waals surface area (Å²) >= 11 is 7.24. The first-order chi connectivity index (χ1) is 8.20. The van der Waals surface area contributed by atoms with Crippen LogP contribution in [0.1, 0.15) is 11.4 Å². The maximum atomic E-state index is 8.99. The minimum absolute atomic E-state index is 0.105. The number of pyridine rings is 1. The fourth-order valence-corrected chi connectivity index (χ4v) is 2.22. The van der Waals surface area contributed by atoms with E-state index < -0.39 is 0 Å². The second-order valence-electron chi connectivity index (χ2n) is 3.39. The Morgan fingerprint density at radius 1 is 1.41 bits per heavy atom. The van der Waals surface area contributed by atoms with Crippen molar-refractivity contribution in [3.8, 4) is 0 Å². The van der Waals surface area contributed by atoms with Crippen molar-refractivity contribution in [3.05, 3.63) is 34.9 Å². The molecule has 0 unspecified atom stereocenters. The molecule has 0 amide bonds. The average molecular weight is 271 g/mol. The third-order valence-corrected chi connectivity index (χ3v) is 3.54. The number of aliphatic hydroxyl groups excluding tert-OH is 1. The van der Waals surface area contributed by atoms with Crippen LogP contribution in [0, 0.1) is 0 Å². The van der Waals surface area contributed by atoms with E-state index in [0.717, 1.165) is 16.5 Å². The lowest BCUT2D eigenvalue weighted by atomic mass is 10.3. The summed E-state index contributed by atoms with van der Waals surface area (Å²) in [6, 6.07) is 3.68. The van der Waals surface area contributed by atoms with Gasteiger partial charge >= 0.3 is 0 Å². The second kappa shape index (κ2) is 5.48. The molecule has 2 heterocycles. The number of hydrogen-bond acceptors (Lipinski definition) is 5. The van der Waals surface area contributed by atoms with Gasteiger partial charge in [-0.2, -0.15) is 0 Å². The highest BCUT2D eigenvalue weighted by Gasteiger charge is 2.08. The Morgan fingerprint density at radius 3 is 2.82 bits per heavy atom. The molecular formula is C10H11ClN4OS. The summed E-state index contributed by atoms with van der Waals surface area (Å²) in [5, 5.41) is 18.1. The van der Waals surface area contributed by atoms with Gasteiger partial charge in [-0.25, -0.2) is 4.98 Å². The largest absolute Gasteiger partial charge is 0.388 e. The number of nitrogens with zero attached hydrogens (tertiary/aromatic N) is 4. The zero-order valence-electron chi connectivity index (χ0n) is 9.17.